The van der Waals surface area contributed by atoms with Crippen LogP contribution in [0.1, 0.15) is 56.3 Å². The number of alkyl halides is 1. The monoisotopic (exact) mass is 610 g/mol. The first kappa shape index (κ1) is 25.0. The zero-order chi connectivity index (χ0) is 25.4. The minimum Gasteiger partial charge on any atom is -0.478 e. The number of aliphatic hydroxyl groups is 1. The number of carbonyl (C=O) groups excluding carboxylic acids is 2. The summed E-state index contributed by atoms with van der Waals surface area (Å²) in [6.45, 7) is 3.88. The molecule has 3 saturated carbocycles. The van der Waals surface area contributed by atoms with Gasteiger partial charge in [-0.2, -0.15) is 0 Å². The summed E-state index contributed by atoms with van der Waals surface area (Å²) in [5, 5.41) is 21.8. The predicted octanol–water partition coefficient (Wildman–Crippen LogP) is 4.91. The van der Waals surface area contributed by atoms with Crippen LogP contribution in [-0.2, 0) is 14.3 Å². The number of carbonyl (C=O) groups is 3. The highest BCUT2D eigenvalue weighted by Gasteiger charge is 2.75. The van der Waals surface area contributed by atoms with Gasteiger partial charge in [-0.25, -0.2) is 9.59 Å². The van der Waals surface area contributed by atoms with E-state index in [0.717, 1.165) is 9.14 Å². The van der Waals surface area contributed by atoms with E-state index in [4.69, 9.17) is 16.3 Å². The lowest BCUT2D eigenvalue weighted by molar-refractivity contribution is -0.193. The predicted molar refractivity (Wildman–Crippen MR) is 138 cm³/mol. The molecule has 2 N–H and O–H groups in total. The fraction of sp³-hybridized carbons (Fsp3) is 0.519. The minimum atomic E-state index is -2.08. The topological polar surface area (TPSA) is 101 Å². The first-order valence-electron chi connectivity index (χ1n) is 11.9. The van der Waals surface area contributed by atoms with Crippen molar-refractivity contribution in [2.24, 2.45) is 22.7 Å². The molecule has 0 saturated heterocycles. The summed E-state index contributed by atoms with van der Waals surface area (Å²) in [6, 6.07) is 6.75. The summed E-state index contributed by atoms with van der Waals surface area (Å²) in [5.74, 6) is -2.52. The van der Waals surface area contributed by atoms with E-state index in [1.54, 1.807) is 30.4 Å². The van der Waals surface area contributed by atoms with Crippen LogP contribution in [0.4, 0.5) is 0 Å². The second kappa shape index (κ2) is 8.15. The fourth-order valence-corrected chi connectivity index (χ4v) is 8.62. The van der Waals surface area contributed by atoms with Crippen molar-refractivity contribution in [2.45, 2.75) is 62.5 Å². The van der Waals surface area contributed by atoms with Crippen molar-refractivity contribution in [3.05, 3.63) is 57.2 Å². The summed E-state index contributed by atoms with van der Waals surface area (Å²) in [4.78, 5) is 37.3. The molecule has 1 aromatic carbocycles. The summed E-state index contributed by atoms with van der Waals surface area (Å²) in [7, 11) is 0. The van der Waals surface area contributed by atoms with Crippen molar-refractivity contribution in [3.63, 3.8) is 0 Å². The summed E-state index contributed by atoms with van der Waals surface area (Å²) >= 11 is 9.54. The molecule has 4 aliphatic carbocycles. The second-order valence-corrected chi connectivity index (χ2v) is 12.8. The Hall–Kier alpha value is -1.71. The third-order valence-electron chi connectivity index (χ3n) is 9.48. The second-order valence-electron chi connectivity index (χ2n) is 10.8. The van der Waals surface area contributed by atoms with Gasteiger partial charge in [0.05, 0.1) is 10.4 Å². The van der Waals surface area contributed by atoms with Gasteiger partial charge < -0.3 is 14.9 Å². The molecule has 186 valence electrons. The van der Waals surface area contributed by atoms with E-state index in [1.165, 1.54) is 0 Å². The van der Waals surface area contributed by atoms with Gasteiger partial charge in [-0.15, -0.1) is 11.6 Å². The molecular weight excluding hydrogens is 583 g/mol. The zero-order valence-corrected chi connectivity index (χ0v) is 22.5. The largest absolute Gasteiger partial charge is 0.478 e. The number of carboxylic acids is 1. The Kier molecular flexibility index (Phi) is 5.81. The Morgan fingerprint density at radius 3 is 2.63 bits per heavy atom. The number of halogens is 2. The molecule has 35 heavy (non-hydrogen) atoms. The molecule has 0 radical (unpaired) electrons. The molecule has 0 bridgehead atoms. The molecule has 4 aliphatic rings. The molecule has 0 aromatic heterocycles. The maximum Gasteiger partial charge on any atom is 0.351 e. The van der Waals surface area contributed by atoms with Crippen molar-refractivity contribution in [1.82, 2.24) is 0 Å². The molecule has 0 heterocycles. The first-order valence-corrected chi connectivity index (χ1v) is 13.4. The number of rotatable bonds is 3. The van der Waals surface area contributed by atoms with Crippen LogP contribution >= 0.6 is 34.2 Å². The molecule has 1 aromatic rings. The van der Waals surface area contributed by atoms with Crippen molar-refractivity contribution < 1.29 is 29.3 Å². The maximum absolute atomic E-state index is 13.2. The number of ketones is 1. The third-order valence-corrected chi connectivity index (χ3v) is 11.0. The summed E-state index contributed by atoms with van der Waals surface area (Å²) < 4.78 is 6.66. The van der Waals surface area contributed by atoms with Crippen LogP contribution < -0.4 is 0 Å². The van der Waals surface area contributed by atoms with Crippen molar-refractivity contribution in [3.8, 4) is 0 Å². The Labute approximate surface area is 222 Å². The number of fused-ring (bicyclic) bond motifs is 5. The quantitative estimate of drug-likeness (QED) is 0.287. The highest BCUT2D eigenvalue weighted by atomic mass is 127. The van der Waals surface area contributed by atoms with Gasteiger partial charge in [-0.1, -0.05) is 31.6 Å². The van der Waals surface area contributed by atoms with Crippen LogP contribution in [0, 0.1) is 26.2 Å². The lowest BCUT2D eigenvalue weighted by atomic mass is 9.46. The molecule has 5 rings (SSSR count). The van der Waals surface area contributed by atoms with Crippen LogP contribution in [-0.4, -0.2) is 44.5 Å². The normalized spacial score (nSPS) is 41.9. The van der Waals surface area contributed by atoms with Gasteiger partial charge in [0.2, 0.25) is 5.60 Å². The fourth-order valence-electron chi connectivity index (χ4n) is 7.53. The van der Waals surface area contributed by atoms with E-state index in [9.17, 15) is 24.6 Å². The van der Waals surface area contributed by atoms with Gasteiger partial charge in [0.25, 0.3) is 0 Å². The van der Waals surface area contributed by atoms with Crippen LogP contribution in [0.25, 0.3) is 0 Å². The van der Waals surface area contributed by atoms with E-state index >= 15 is 0 Å². The van der Waals surface area contributed by atoms with Gasteiger partial charge in [0.1, 0.15) is 6.10 Å². The molecular formula is C27H28ClIO6. The Bertz CT molecular complexity index is 1190. The Morgan fingerprint density at radius 2 is 1.94 bits per heavy atom. The highest BCUT2D eigenvalue weighted by molar-refractivity contribution is 14.1. The molecule has 6 nitrogen and oxygen atoms in total. The van der Waals surface area contributed by atoms with E-state index in [1.807, 2.05) is 19.1 Å². The smallest absolute Gasteiger partial charge is 0.351 e. The number of esters is 1. The molecule has 0 unspecified atom stereocenters. The first-order chi connectivity index (χ1) is 16.4. The average molecular weight is 611 g/mol. The highest BCUT2D eigenvalue weighted by Crippen LogP contribution is 2.71. The van der Waals surface area contributed by atoms with Gasteiger partial charge in [0, 0.05) is 14.4 Å². The van der Waals surface area contributed by atoms with Crippen LogP contribution in [0.2, 0.25) is 0 Å². The van der Waals surface area contributed by atoms with Crippen molar-refractivity contribution in [2.75, 3.05) is 0 Å². The van der Waals surface area contributed by atoms with E-state index in [0.29, 0.717) is 25.7 Å². The third kappa shape index (κ3) is 3.26. The van der Waals surface area contributed by atoms with Crippen molar-refractivity contribution in [1.29, 1.82) is 0 Å². The average Bonchev–Trinajstić information content (AvgIpc) is 3.02. The summed E-state index contributed by atoms with van der Waals surface area (Å²) in [5.41, 5.74) is -2.37. The van der Waals surface area contributed by atoms with Gasteiger partial charge in [-0.3, -0.25) is 4.79 Å². The number of benzene rings is 1. The SMILES string of the molecule is C[C@]12C=CC(=O)C=C1CC[C@H]1[C@@H]3C[C@@H](O)[C@](OC(=O)c4cccc(I)c4)(C(=O)O)[C@@]3(C)CC[C@@]12Cl. The number of hydrogen-bond donors (Lipinski definition) is 2. The maximum atomic E-state index is 13.2. The van der Waals surface area contributed by atoms with E-state index in [-0.39, 0.29) is 29.6 Å². The Morgan fingerprint density at radius 1 is 1.20 bits per heavy atom. The number of ether oxygens (including phenoxy) is 1. The van der Waals surface area contributed by atoms with Crippen LogP contribution in [0.5, 0.6) is 0 Å². The number of aliphatic carboxylic acids is 1. The van der Waals surface area contributed by atoms with Crippen LogP contribution in [0.15, 0.2) is 48.1 Å². The molecule has 0 spiro atoms. The lowest BCUT2D eigenvalue weighted by Gasteiger charge is -2.61. The van der Waals surface area contributed by atoms with E-state index in [2.05, 4.69) is 29.5 Å². The molecule has 7 atom stereocenters. The standard InChI is InChI=1S/C27H28ClIO6/c1-24-9-8-18(30)13-16(24)6-7-19-20-14-21(31)27(23(33)34,25(20,2)10-11-26(19,24)28)35-22(32)15-4-3-5-17(29)12-15/h3-5,8-9,12-13,19-21,31H,6-7,10-11,14H2,1-2H3,(H,33,34)/t19-,20-,21+,24-,25-,26+,27-/m0/s1. The molecule has 3 fully saturated rings. The van der Waals surface area contributed by atoms with Gasteiger partial charge >= 0.3 is 11.9 Å². The number of carboxylic acid groups (broad SMARTS) is 1. The van der Waals surface area contributed by atoms with Gasteiger partial charge in [0.15, 0.2) is 5.78 Å². The number of aliphatic hydroxyl groups excluding tert-OH is 1. The van der Waals surface area contributed by atoms with Crippen molar-refractivity contribution >= 4 is 51.9 Å². The Balaban J connectivity index is 1.55. The number of allylic oxidation sites excluding steroid dienone is 4. The van der Waals surface area contributed by atoms with E-state index < -0.39 is 39.3 Å². The van der Waals surface area contributed by atoms with Gasteiger partial charge in [-0.05, 0) is 96.9 Å². The molecule has 0 aliphatic heterocycles. The minimum absolute atomic E-state index is 0.0412. The summed E-state index contributed by atoms with van der Waals surface area (Å²) in [6.07, 6.45) is 6.16. The lowest BCUT2D eigenvalue weighted by Crippen LogP contribution is -2.65. The van der Waals surface area contributed by atoms with Crippen LogP contribution in [0.3, 0.4) is 0 Å². The molecule has 0 amide bonds. The number of hydrogen-bond acceptors (Lipinski definition) is 5. The zero-order valence-electron chi connectivity index (χ0n) is 19.6. The molecule has 8 heteroatoms.